The minimum absolute atomic E-state index is 0.0420. The predicted molar refractivity (Wildman–Crippen MR) is 160 cm³/mol. The molecule has 0 unspecified atom stereocenters. The van der Waals surface area contributed by atoms with Gasteiger partial charge in [-0.2, -0.15) is 0 Å². The Morgan fingerprint density at radius 3 is 2.13 bits per heavy atom. The molecule has 3 nitrogen and oxygen atoms in total. The number of hydrogen-bond donors (Lipinski definition) is 0. The van der Waals surface area contributed by atoms with Crippen molar-refractivity contribution in [2.24, 2.45) is 0 Å². The van der Waals surface area contributed by atoms with Crippen molar-refractivity contribution in [3.05, 3.63) is 118 Å². The van der Waals surface area contributed by atoms with Gasteiger partial charge in [0.15, 0.2) is 0 Å². The zero-order chi connectivity index (χ0) is 27.8. The van der Waals surface area contributed by atoms with E-state index in [1.54, 1.807) is 12.1 Å². The second-order valence-corrected chi connectivity index (χ2v) is 10.5. The maximum Gasteiger partial charge on any atom is 0.128 e. The van der Waals surface area contributed by atoms with Crippen molar-refractivity contribution in [1.82, 2.24) is 9.88 Å². The van der Waals surface area contributed by atoms with E-state index in [0.717, 1.165) is 60.6 Å². The van der Waals surface area contributed by atoms with Crippen LogP contribution in [-0.2, 0) is 32.4 Å². The summed E-state index contributed by atoms with van der Waals surface area (Å²) in [6.07, 6.45) is 2.72. The molecule has 4 rings (SSSR count). The summed E-state index contributed by atoms with van der Waals surface area (Å²) in [5.74, 6) is 0.702. The van der Waals surface area contributed by atoms with Gasteiger partial charge in [0.2, 0.25) is 0 Å². The molecule has 0 atom stereocenters. The van der Waals surface area contributed by atoms with Gasteiger partial charge in [-0.25, -0.2) is 4.39 Å². The first-order chi connectivity index (χ1) is 18.9. The zero-order valence-corrected chi connectivity index (χ0v) is 24.0. The molecular formula is C35H41FN2O. The van der Waals surface area contributed by atoms with Gasteiger partial charge in [-0.05, 0) is 74.4 Å². The molecule has 0 saturated carbocycles. The SMILES string of the molecule is CCc1cccc(CC)c1-c1cc(OC(C)C)c(CN(CCc2cccc(F)c2)Cc2ccccc2)c(C)n1. The van der Waals surface area contributed by atoms with Crippen LogP contribution < -0.4 is 4.74 Å². The first kappa shape index (κ1) is 28.5. The van der Waals surface area contributed by atoms with E-state index in [9.17, 15) is 4.39 Å². The Kier molecular flexibility index (Phi) is 9.89. The molecule has 1 heterocycles. The van der Waals surface area contributed by atoms with E-state index in [2.05, 4.69) is 88.0 Å². The van der Waals surface area contributed by atoms with Crippen LogP contribution in [0.5, 0.6) is 5.75 Å². The number of rotatable bonds is 12. The van der Waals surface area contributed by atoms with Gasteiger partial charge < -0.3 is 4.74 Å². The summed E-state index contributed by atoms with van der Waals surface area (Å²) in [4.78, 5) is 7.57. The molecule has 0 radical (unpaired) electrons. The number of benzene rings is 3. The number of aromatic nitrogens is 1. The smallest absolute Gasteiger partial charge is 0.128 e. The lowest BCUT2D eigenvalue weighted by molar-refractivity contribution is 0.223. The van der Waals surface area contributed by atoms with Gasteiger partial charge in [-0.3, -0.25) is 9.88 Å². The van der Waals surface area contributed by atoms with Crippen molar-refractivity contribution in [1.29, 1.82) is 0 Å². The molecule has 0 spiro atoms. The van der Waals surface area contributed by atoms with E-state index in [1.165, 1.54) is 28.3 Å². The Hall–Kier alpha value is -3.50. The lowest BCUT2D eigenvalue weighted by Crippen LogP contribution is -2.26. The van der Waals surface area contributed by atoms with E-state index in [0.29, 0.717) is 6.54 Å². The molecule has 204 valence electrons. The van der Waals surface area contributed by atoms with Gasteiger partial charge in [-0.15, -0.1) is 0 Å². The highest BCUT2D eigenvalue weighted by molar-refractivity contribution is 5.70. The third-order valence-corrected chi connectivity index (χ3v) is 7.14. The molecule has 0 aliphatic heterocycles. The monoisotopic (exact) mass is 524 g/mol. The van der Waals surface area contributed by atoms with Crippen LogP contribution in [-0.4, -0.2) is 22.5 Å². The maximum atomic E-state index is 13.9. The summed E-state index contributed by atoms with van der Waals surface area (Å²) in [5.41, 5.74) is 9.17. The van der Waals surface area contributed by atoms with Crippen molar-refractivity contribution < 1.29 is 9.13 Å². The predicted octanol–water partition coefficient (Wildman–Crippen LogP) is 8.35. The Labute approximate surface area is 233 Å². The topological polar surface area (TPSA) is 25.4 Å². The van der Waals surface area contributed by atoms with Gasteiger partial charge in [-0.1, -0.05) is 74.5 Å². The highest BCUT2D eigenvalue weighted by Crippen LogP contribution is 2.34. The van der Waals surface area contributed by atoms with Crippen molar-refractivity contribution in [3.8, 4) is 17.0 Å². The molecule has 4 aromatic rings. The summed E-state index contributed by atoms with van der Waals surface area (Å²) >= 11 is 0. The highest BCUT2D eigenvalue weighted by atomic mass is 19.1. The lowest BCUT2D eigenvalue weighted by atomic mass is 9.94. The second-order valence-electron chi connectivity index (χ2n) is 10.5. The van der Waals surface area contributed by atoms with Crippen LogP contribution in [0.25, 0.3) is 11.3 Å². The van der Waals surface area contributed by atoms with Gasteiger partial charge in [0.25, 0.3) is 0 Å². The Bertz CT molecular complexity index is 1340. The molecule has 1 aromatic heterocycles. The first-order valence-electron chi connectivity index (χ1n) is 14.2. The third kappa shape index (κ3) is 7.54. The molecule has 0 N–H and O–H groups in total. The average Bonchev–Trinajstić information content (AvgIpc) is 2.93. The third-order valence-electron chi connectivity index (χ3n) is 7.14. The molecule has 3 aromatic carbocycles. The van der Waals surface area contributed by atoms with E-state index in [1.807, 2.05) is 12.1 Å². The minimum Gasteiger partial charge on any atom is -0.491 e. The number of nitrogens with zero attached hydrogens (tertiary/aromatic N) is 2. The van der Waals surface area contributed by atoms with Gasteiger partial charge >= 0.3 is 0 Å². The average molecular weight is 525 g/mol. The summed E-state index contributed by atoms with van der Waals surface area (Å²) in [6.45, 7) is 12.9. The van der Waals surface area contributed by atoms with Crippen LogP contribution >= 0.6 is 0 Å². The quantitative estimate of drug-likeness (QED) is 0.186. The summed E-state index contributed by atoms with van der Waals surface area (Å²) in [5, 5.41) is 0. The molecule has 39 heavy (non-hydrogen) atoms. The molecule has 0 bridgehead atoms. The van der Waals surface area contributed by atoms with Crippen molar-refractivity contribution in [2.45, 2.75) is 73.1 Å². The first-order valence-corrected chi connectivity index (χ1v) is 14.2. The number of hydrogen-bond acceptors (Lipinski definition) is 3. The van der Waals surface area contributed by atoms with Crippen molar-refractivity contribution >= 4 is 0 Å². The van der Waals surface area contributed by atoms with Crippen LogP contribution in [0.1, 0.15) is 61.2 Å². The van der Waals surface area contributed by atoms with E-state index in [4.69, 9.17) is 9.72 Å². The molecule has 0 aliphatic carbocycles. The molecule has 0 fully saturated rings. The summed E-state index contributed by atoms with van der Waals surface area (Å²) < 4.78 is 20.3. The number of ether oxygens (including phenoxy) is 1. The zero-order valence-electron chi connectivity index (χ0n) is 24.0. The largest absolute Gasteiger partial charge is 0.491 e. The van der Waals surface area contributed by atoms with Gasteiger partial charge in [0.1, 0.15) is 11.6 Å². The molecule has 4 heteroatoms. The number of aryl methyl sites for hydroxylation is 3. The molecular weight excluding hydrogens is 483 g/mol. The fourth-order valence-electron chi connectivity index (χ4n) is 5.18. The molecule has 0 saturated heterocycles. The number of halogens is 1. The van der Waals surface area contributed by atoms with Crippen LogP contribution in [0.15, 0.2) is 78.9 Å². The Balaban J connectivity index is 1.71. The van der Waals surface area contributed by atoms with Crippen LogP contribution in [0.4, 0.5) is 4.39 Å². The number of pyridine rings is 1. The lowest BCUT2D eigenvalue weighted by Gasteiger charge is -2.26. The Morgan fingerprint density at radius 1 is 0.821 bits per heavy atom. The summed E-state index contributed by atoms with van der Waals surface area (Å²) in [7, 11) is 0. The van der Waals surface area contributed by atoms with Gasteiger partial charge in [0, 0.05) is 42.5 Å². The van der Waals surface area contributed by atoms with Crippen LogP contribution in [0.3, 0.4) is 0 Å². The molecule has 0 amide bonds. The van der Waals surface area contributed by atoms with Crippen molar-refractivity contribution in [3.63, 3.8) is 0 Å². The normalized spacial score (nSPS) is 11.4. The maximum absolute atomic E-state index is 13.9. The fourth-order valence-corrected chi connectivity index (χ4v) is 5.18. The molecule has 0 aliphatic rings. The highest BCUT2D eigenvalue weighted by Gasteiger charge is 2.19. The van der Waals surface area contributed by atoms with E-state index >= 15 is 0 Å². The van der Waals surface area contributed by atoms with E-state index < -0.39 is 0 Å². The van der Waals surface area contributed by atoms with Crippen molar-refractivity contribution in [2.75, 3.05) is 6.54 Å². The standard InChI is InChI=1S/C35H41FN2O/c1-6-29-16-12-17-30(7-2)35(29)33-22-34(39-25(3)4)32(26(5)37-33)24-38(23-28-13-9-8-10-14-28)20-19-27-15-11-18-31(36)21-27/h8-18,21-22,25H,6-7,19-20,23-24H2,1-5H3. The van der Waals surface area contributed by atoms with Crippen LogP contribution in [0.2, 0.25) is 0 Å². The summed E-state index contributed by atoms with van der Waals surface area (Å²) in [6, 6.07) is 26.1. The van der Waals surface area contributed by atoms with E-state index in [-0.39, 0.29) is 11.9 Å². The van der Waals surface area contributed by atoms with Gasteiger partial charge in [0.05, 0.1) is 11.8 Å². The second kappa shape index (κ2) is 13.5. The van der Waals surface area contributed by atoms with Crippen LogP contribution in [0, 0.1) is 12.7 Å². The Morgan fingerprint density at radius 2 is 1.49 bits per heavy atom. The fraction of sp³-hybridized carbons (Fsp3) is 0.343. The minimum atomic E-state index is -0.191.